The number of aromatic nitrogens is 3. The van der Waals surface area contributed by atoms with Crippen molar-refractivity contribution in [2.45, 2.75) is 57.5 Å². The van der Waals surface area contributed by atoms with E-state index in [1.54, 1.807) is 0 Å². The Morgan fingerprint density at radius 1 is 1.21 bits per heavy atom. The van der Waals surface area contributed by atoms with E-state index in [0.29, 0.717) is 11.7 Å². The lowest BCUT2D eigenvalue weighted by Gasteiger charge is -2.34. The molecule has 1 aliphatic carbocycles. The number of nitrogens with one attached hydrogen (secondary N) is 1. The number of aryl methyl sites for hydroxylation is 1. The molecule has 0 saturated carbocycles. The molecule has 152 valence electrons. The molecule has 1 unspecified atom stereocenters. The molecule has 2 heterocycles. The van der Waals surface area contributed by atoms with Crippen molar-refractivity contribution in [2.75, 3.05) is 19.6 Å². The molecule has 1 fully saturated rings. The van der Waals surface area contributed by atoms with E-state index < -0.39 is 0 Å². The largest absolute Gasteiger partial charge is 0.334 e. The van der Waals surface area contributed by atoms with Crippen LogP contribution in [0.2, 0.25) is 0 Å². The van der Waals surface area contributed by atoms with Crippen molar-refractivity contribution < 1.29 is 4.79 Å². The molecule has 0 radical (unpaired) electrons. The van der Waals surface area contributed by atoms with Gasteiger partial charge < -0.3 is 10.2 Å². The number of hydrogen-bond donors (Lipinski definition) is 1. The van der Waals surface area contributed by atoms with Crippen molar-refractivity contribution in [1.82, 2.24) is 25.2 Å². The van der Waals surface area contributed by atoms with Crippen LogP contribution in [0, 0.1) is 0 Å². The Morgan fingerprint density at radius 3 is 2.71 bits per heavy atom. The van der Waals surface area contributed by atoms with Gasteiger partial charge in [0.15, 0.2) is 5.69 Å². The highest BCUT2D eigenvalue weighted by Gasteiger charge is 2.29. The fraction of sp³-hybridized carbons (Fsp3) is 0.571. The predicted molar refractivity (Wildman–Crippen MR) is 112 cm³/mol. The molecule has 1 amide bonds. The zero-order chi connectivity index (χ0) is 18.6. The van der Waals surface area contributed by atoms with Crippen LogP contribution in [0.5, 0.6) is 0 Å². The third-order valence-electron chi connectivity index (χ3n) is 5.90. The second kappa shape index (κ2) is 9.52. The average molecular weight is 404 g/mol. The van der Waals surface area contributed by atoms with Crippen LogP contribution in [0.4, 0.5) is 0 Å². The summed E-state index contributed by atoms with van der Waals surface area (Å²) in [6, 6.07) is 9.20. The number of carbonyl (C=O) groups is 1. The molecule has 1 aromatic carbocycles. The summed E-state index contributed by atoms with van der Waals surface area (Å²) in [5.41, 5.74) is 3.29. The van der Waals surface area contributed by atoms with Gasteiger partial charge in [-0.2, -0.15) is 0 Å². The van der Waals surface area contributed by atoms with Gasteiger partial charge in [0.1, 0.15) is 0 Å². The summed E-state index contributed by atoms with van der Waals surface area (Å²) in [5.74, 6) is 0.0291. The van der Waals surface area contributed by atoms with Gasteiger partial charge in [0.2, 0.25) is 0 Å². The zero-order valence-electron chi connectivity index (χ0n) is 16.5. The molecule has 2 aliphatic rings. The minimum absolute atomic E-state index is 0. The second-order valence-corrected chi connectivity index (χ2v) is 7.73. The monoisotopic (exact) mass is 403 g/mol. The van der Waals surface area contributed by atoms with Crippen molar-refractivity contribution in [2.24, 2.45) is 0 Å². The average Bonchev–Trinajstić information content (AvgIpc) is 3.22. The normalized spacial score (nSPS) is 19.5. The summed E-state index contributed by atoms with van der Waals surface area (Å²) >= 11 is 0. The number of benzene rings is 1. The molecule has 1 N–H and O–H groups in total. The molecule has 1 aliphatic heterocycles. The SMILES string of the molecule is CCCN(C(=O)c1cn(C2CCNCC2)nn1)C1CCc2ccccc2C1.Cl. The van der Waals surface area contributed by atoms with E-state index in [2.05, 4.69) is 46.8 Å². The van der Waals surface area contributed by atoms with E-state index in [0.717, 1.165) is 58.2 Å². The topological polar surface area (TPSA) is 63.1 Å². The number of rotatable bonds is 5. The highest BCUT2D eigenvalue weighted by Crippen LogP contribution is 2.26. The maximum atomic E-state index is 13.2. The third kappa shape index (κ3) is 4.39. The van der Waals surface area contributed by atoms with Crippen molar-refractivity contribution >= 4 is 18.3 Å². The van der Waals surface area contributed by atoms with Crippen LogP contribution in [-0.4, -0.2) is 51.5 Å². The van der Waals surface area contributed by atoms with E-state index >= 15 is 0 Å². The summed E-state index contributed by atoms with van der Waals surface area (Å²) in [5, 5.41) is 11.9. The van der Waals surface area contributed by atoms with Gasteiger partial charge in [-0.25, -0.2) is 4.68 Å². The lowest BCUT2D eigenvalue weighted by atomic mass is 9.87. The van der Waals surface area contributed by atoms with Crippen molar-refractivity contribution in [3.05, 3.63) is 47.3 Å². The Balaban J connectivity index is 0.00000225. The van der Waals surface area contributed by atoms with Gasteiger partial charge in [-0.15, -0.1) is 17.5 Å². The highest BCUT2D eigenvalue weighted by atomic mass is 35.5. The van der Waals surface area contributed by atoms with E-state index in [-0.39, 0.29) is 24.4 Å². The van der Waals surface area contributed by atoms with Gasteiger partial charge in [0.05, 0.1) is 12.2 Å². The van der Waals surface area contributed by atoms with E-state index in [1.807, 2.05) is 15.8 Å². The highest BCUT2D eigenvalue weighted by molar-refractivity contribution is 5.92. The number of amides is 1. The summed E-state index contributed by atoms with van der Waals surface area (Å²) in [7, 11) is 0. The summed E-state index contributed by atoms with van der Waals surface area (Å²) in [6.07, 6.45) is 7.87. The van der Waals surface area contributed by atoms with E-state index in [1.165, 1.54) is 11.1 Å². The Hall–Kier alpha value is -1.92. The quantitative estimate of drug-likeness (QED) is 0.833. The molecular formula is C21H30ClN5O. The lowest BCUT2D eigenvalue weighted by Crippen LogP contribution is -2.44. The summed E-state index contributed by atoms with van der Waals surface area (Å²) in [4.78, 5) is 15.3. The molecule has 2 aromatic rings. The number of fused-ring (bicyclic) bond motifs is 1. The Labute approximate surface area is 173 Å². The van der Waals surface area contributed by atoms with Crippen LogP contribution >= 0.6 is 12.4 Å². The smallest absolute Gasteiger partial charge is 0.276 e. The van der Waals surface area contributed by atoms with Crippen LogP contribution in [0.1, 0.15) is 60.3 Å². The molecule has 0 spiro atoms. The van der Waals surface area contributed by atoms with Crippen LogP contribution in [0.3, 0.4) is 0 Å². The lowest BCUT2D eigenvalue weighted by molar-refractivity contribution is 0.0655. The molecule has 4 rings (SSSR count). The number of hydrogen-bond acceptors (Lipinski definition) is 4. The first-order chi connectivity index (χ1) is 13.3. The molecule has 1 saturated heterocycles. The predicted octanol–water partition coefficient (Wildman–Crippen LogP) is 3.03. The molecule has 6 nitrogen and oxygen atoms in total. The Morgan fingerprint density at radius 2 is 1.96 bits per heavy atom. The summed E-state index contributed by atoms with van der Waals surface area (Å²) in [6.45, 7) is 4.89. The van der Waals surface area contributed by atoms with Crippen LogP contribution in [-0.2, 0) is 12.8 Å². The van der Waals surface area contributed by atoms with Gasteiger partial charge in [-0.05, 0) is 62.7 Å². The summed E-state index contributed by atoms with van der Waals surface area (Å²) < 4.78 is 1.90. The molecular weight excluding hydrogens is 374 g/mol. The van der Waals surface area contributed by atoms with Crippen LogP contribution < -0.4 is 5.32 Å². The minimum Gasteiger partial charge on any atom is -0.334 e. The van der Waals surface area contributed by atoms with E-state index in [4.69, 9.17) is 0 Å². The van der Waals surface area contributed by atoms with Gasteiger partial charge in [-0.3, -0.25) is 4.79 Å². The number of carbonyl (C=O) groups excluding carboxylic acids is 1. The molecule has 28 heavy (non-hydrogen) atoms. The first-order valence-corrected chi connectivity index (χ1v) is 10.3. The third-order valence-corrected chi connectivity index (χ3v) is 5.90. The number of nitrogens with zero attached hydrogens (tertiary/aromatic N) is 4. The van der Waals surface area contributed by atoms with Crippen molar-refractivity contribution in [3.63, 3.8) is 0 Å². The maximum Gasteiger partial charge on any atom is 0.276 e. The van der Waals surface area contributed by atoms with Crippen LogP contribution in [0.25, 0.3) is 0 Å². The van der Waals surface area contributed by atoms with Crippen LogP contribution in [0.15, 0.2) is 30.5 Å². The molecule has 7 heteroatoms. The molecule has 1 atom stereocenters. The Kier molecular flexibility index (Phi) is 7.08. The Bertz CT molecular complexity index is 787. The number of piperidine rings is 1. The minimum atomic E-state index is 0. The fourth-order valence-corrected chi connectivity index (χ4v) is 4.41. The van der Waals surface area contributed by atoms with Gasteiger partial charge >= 0.3 is 0 Å². The van der Waals surface area contributed by atoms with Gasteiger partial charge in [0.25, 0.3) is 5.91 Å². The fourth-order valence-electron chi connectivity index (χ4n) is 4.41. The van der Waals surface area contributed by atoms with Gasteiger partial charge in [-0.1, -0.05) is 36.4 Å². The molecule has 0 bridgehead atoms. The number of halogens is 1. The first kappa shape index (κ1) is 20.8. The maximum absolute atomic E-state index is 13.2. The first-order valence-electron chi connectivity index (χ1n) is 10.3. The zero-order valence-corrected chi connectivity index (χ0v) is 17.3. The van der Waals surface area contributed by atoms with Gasteiger partial charge in [0, 0.05) is 12.6 Å². The second-order valence-electron chi connectivity index (χ2n) is 7.73. The van der Waals surface area contributed by atoms with Crippen molar-refractivity contribution in [1.29, 1.82) is 0 Å². The van der Waals surface area contributed by atoms with E-state index in [9.17, 15) is 4.79 Å². The standard InChI is InChI=1S/C21H29N5O.ClH/c1-2-13-25(19-8-7-16-5-3-4-6-17(16)14-19)21(27)20-15-26(24-23-20)18-9-11-22-12-10-18;/h3-6,15,18-19,22H,2,7-14H2,1H3;1H. The molecule has 1 aromatic heterocycles. The van der Waals surface area contributed by atoms with Crippen molar-refractivity contribution in [3.8, 4) is 0 Å².